The molecular formula is C47H39N. The zero-order chi connectivity index (χ0) is 32.5. The van der Waals surface area contributed by atoms with Crippen molar-refractivity contribution in [2.45, 2.75) is 44.4 Å². The maximum Gasteiger partial charge on any atom is 0.0543 e. The summed E-state index contributed by atoms with van der Waals surface area (Å²) in [6, 6.07) is 53.9. The molecule has 0 N–H and O–H groups in total. The quantitative estimate of drug-likeness (QED) is 0.190. The number of hydrogen-bond acceptors (Lipinski definition) is 1. The molecule has 48 heavy (non-hydrogen) atoms. The Kier molecular flexibility index (Phi) is 6.49. The van der Waals surface area contributed by atoms with Gasteiger partial charge in [0.05, 0.1) is 17.1 Å². The Bertz CT molecular complexity index is 2160. The van der Waals surface area contributed by atoms with Crippen molar-refractivity contribution >= 4 is 22.6 Å². The summed E-state index contributed by atoms with van der Waals surface area (Å²) in [6.07, 6.45) is 7.15. The number of nitrogens with zero attached hydrogens (tertiary/aromatic N) is 1. The molecule has 2 aliphatic carbocycles. The summed E-state index contributed by atoms with van der Waals surface area (Å²) in [6.45, 7) is 7.23. The van der Waals surface area contributed by atoms with E-state index in [1.807, 2.05) is 0 Å². The molecule has 1 unspecified atom stereocenters. The summed E-state index contributed by atoms with van der Waals surface area (Å²) < 4.78 is 0. The molecule has 0 saturated carbocycles. The maximum absolute atomic E-state index is 2.57. The minimum atomic E-state index is -0.220. The first kappa shape index (κ1) is 28.8. The van der Waals surface area contributed by atoms with E-state index in [1.54, 1.807) is 0 Å². The molecule has 0 aromatic heterocycles. The highest BCUT2D eigenvalue weighted by atomic mass is 15.2. The minimum Gasteiger partial charge on any atom is -0.309 e. The molecular weight excluding hydrogens is 579 g/mol. The minimum absolute atomic E-state index is 0.214. The van der Waals surface area contributed by atoms with Crippen molar-refractivity contribution < 1.29 is 0 Å². The molecule has 0 bridgehead atoms. The third-order valence-corrected chi connectivity index (χ3v) is 11.2. The number of benzene rings is 6. The van der Waals surface area contributed by atoms with E-state index in [0.717, 1.165) is 12.8 Å². The lowest BCUT2D eigenvalue weighted by Crippen LogP contribution is -2.31. The van der Waals surface area contributed by atoms with E-state index < -0.39 is 0 Å². The fourth-order valence-electron chi connectivity index (χ4n) is 8.66. The van der Waals surface area contributed by atoms with Crippen LogP contribution in [0.15, 0.2) is 163 Å². The van der Waals surface area contributed by atoms with E-state index in [-0.39, 0.29) is 10.8 Å². The Morgan fingerprint density at radius 3 is 1.58 bits per heavy atom. The van der Waals surface area contributed by atoms with Crippen molar-refractivity contribution in [1.29, 1.82) is 0 Å². The molecule has 0 fully saturated rings. The number of allylic oxidation sites excluding steroid dienone is 4. The molecule has 1 nitrogen and oxygen atoms in total. The van der Waals surface area contributed by atoms with E-state index in [4.69, 9.17) is 0 Å². The van der Waals surface area contributed by atoms with Crippen molar-refractivity contribution in [2.75, 3.05) is 4.90 Å². The third-order valence-electron chi connectivity index (χ3n) is 11.2. The topological polar surface area (TPSA) is 3.24 Å². The van der Waals surface area contributed by atoms with E-state index in [2.05, 4.69) is 183 Å². The highest BCUT2D eigenvalue weighted by Gasteiger charge is 2.46. The van der Waals surface area contributed by atoms with Crippen LogP contribution in [-0.4, -0.2) is 0 Å². The summed E-state index contributed by atoms with van der Waals surface area (Å²) in [5.74, 6) is 0. The first-order chi connectivity index (χ1) is 23.5. The number of rotatable bonds is 4. The fraction of sp³-hybridized carbons (Fsp3) is 0.149. The predicted octanol–water partition coefficient (Wildman–Crippen LogP) is 12.6. The van der Waals surface area contributed by atoms with Crippen LogP contribution in [0.25, 0.3) is 27.8 Å². The molecule has 1 heterocycles. The molecule has 3 aliphatic rings. The Balaban J connectivity index is 1.32. The number of hydrogen-bond donors (Lipinski definition) is 0. The Hall–Kier alpha value is -5.40. The second-order valence-corrected chi connectivity index (χ2v) is 14.2. The van der Waals surface area contributed by atoms with Crippen LogP contribution in [0.3, 0.4) is 0 Å². The molecule has 1 aliphatic heterocycles. The monoisotopic (exact) mass is 617 g/mol. The Labute approximate surface area is 284 Å². The molecule has 0 spiro atoms. The first-order valence-electron chi connectivity index (χ1n) is 17.3. The van der Waals surface area contributed by atoms with Gasteiger partial charge in [-0.25, -0.2) is 0 Å². The summed E-state index contributed by atoms with van der Waals surface area (Å²) >= 11 is 0. The number of anilines is 3. The van der Waals surface area contributed by atoms with Crippen molar-refractivity contribution in [1.82, 2.24) is 0 Å². The molecule has 232 valence electrons. The summed E-state index contributed by atoms with van der Waals surface area (Å²) in [5.41, 5.74) is 17.9. The molecule has 6 aromatic carbocycles. The number of fused-ring (bicyclic) bond motifs is 5. The van der Waals surface area contributed by atoms with Gasteiger partial charge in [0.2, 0.25) is 0 Å². The second-order valence-electron chi connectivity index (χ2n) is 14.2. The van der Waals surface area contributed by atoms with Crippen molar-refractivity contribution in [2.24, 2.45) is 0 Å². The molecule has 1 heteroatoms. The lowest BCUT2D eigenvalue weighted by atomic mass is 9.72. The van der Waals surface area contributed by atoms with E-state index in [1.165, 1.54) is 78.3 Å². The Morgan fingerprint density at radius 2 is 1.00 bits per heavy atom. The lowest BCUT2D eigenvalue weighted by molar-refractivity contribution is 0.632. The van der Waals surface area contributed by atoms with Crippen molar-refractivity contribution in [3.05, 3.63) is 191 Å². The van der Waals surface area contributed by atoms with E-state index >= 15 is 0 Å². The van der Waals surface area contributed by atoms with Gasteiger partial charge in [-0.1, -0.05) is 141 Å². The molecule has 6 aromatic rings. The van der Waals surface area contributed by atoms with Crippen LogP contribution >= 0.6 is 0 Å². The largest absolute Gasteiger partial charge is 0.309 e. The zero-order valence-corrected chi connectivity index (χ0v) is 27.9. The predicted molar refractivity (Wildman–Crippen MR) is 202 cm³/mol. The third kappa shape index (κ3) is 4.17. The fourth-order valence-corrected chi connectivity index (χ4v) is 8.66. The van der Waals surface area contributed by atoms with Crippen LogP contribution in [0.2, 0.25) is 0 Å². The van der Waals surface area contributed by atoms with Crippen molar-refractivity contribution in [3.63, 3.8) is 0 Å². The van der Waals surface area contributed by atoms with Gasteiger partial charge >= 0.3 is 0 Å². The standard InChI is InChI=1S/C47H39N/c1-46(2)40-30-34(32-16-7-4-8-17-32)26-28-42(40)48(43-29-27-35(31-41(43)46)33-18-9-5-10-19-33)44-25-15-24-39-45(44)37-22-13-14-23-38(37)47(39,3)36-20-11-6-12-21-36/h4-12,15-31H,13-14H2,1-3H3. The highest BCUT2D eigenvalue weighted by Crippen LogP contribution is 2.60. The first-order valence-corrected chi connectivity index (χ1v) is 17.3. The second kappa shape index (κ2) is 10.8. The van der Waals surface area contributed by atoms with Gasteiger partial charge in [0.25, 0.3) is 0 Å². The van der Waals surface area contributed by atoms with Gasteiger partial charge in [-0.2, -0.15) is 0 Å². The van der Waals surface area contributed by atoms with E-state index in [9.17, 15) is 0 Å². The van der Waals surface area contributed by atoms with Gasteiger partial charge in [0.15, 0.2) is 0 Å². The maximum atomic E-state index is 2.57. The summed E-state index contributed by atoms with van der Waals surface area (Å²) in [4.78, 5) is 2.57. The van der Waals surface area contributed by atoms with Crippen LogP contribution in [-0.2, 0) is 10.8 Å². The molecule has 0 amide bonds. The van der Waals surface area contributed by atoms with Crippen molar-refractivity contribution in [3.8, 4) is 22.3 Å². The smallest absolute Gasteiger partial charge is 0.0543 e. The normalized spacial score (nSPS) is 18.6. The average molecular weight is 618 g/mol. The summed E-state index contributed by atoms with van der Waals surface area (Å²) in [7, 11) is 0. The van der Waals surface area contributed by atoms with Crippen LogP contribution in [0.4, 0.5) is 17.1 Å². The van der Waals surface area contributed by atoms with Gasteiger partial charge in [-0.3, -0.25) is 0 Å². The average Bonchev–Trinajstić information content (AvgIpc) is 3.42. The molecule has 1 atom stereocenters. The van der Waals surface area contributed by atoms with Gasteiger partial charge in [-0.15, -0.1) is 0 Å². The highest BCUT2D eigenvalue weighted by molar-refractivity contribution is 6.01. The lowest BCUT2D eigenvalue weighted by Gasteiger charge is -2.43. The van der Waals surface area contributed by atoms with Crippen LogP contribution < -0.4 is 4.90 Å². The Morgan fingerprint density at radius 1 is 0.458 bits per heavy atom. The summed E-state index contributed by atoms with van der Waals surface area (Å²) in [5, 5.41) is 0. The zero-order valence-electron chi connectivity index (χ0n) is 27.9. The van der Waals surface area contributed by atoms with Gasteiger partial charge in [0.1, 0.15) is 0 Å². The van der Waals surface area contributed by atoms with E-state index in [0.29, 0.717) is 0 Å². The van der Waals surface area contributed by atoms with Crippen LogP contribution in [0.1, 0.15) is 61.4 Å². The van der Waals surface area contributed by atoms with Gasteiger partial charge in [0, 0.05) is 16.4 Å². The van der Waals surface area contributed by atoms with Gasteiger partial charge < -0.3 is 4.90 Å². The molecule has 0 radical (unpaired) electrons. The SMILES string of the molecule is CC1(C)c2cc(-c3ccccc3)ccc2N(c2cccc3c2C2=CCCC=C2C3(C)c2ccccc2)c2ccc(-c3ccccc3)cc21. The van der Waals surface area contributed by atoms with Crippen LogP contribution in [0, 0.1) is 0 Å². The molecule has 0 saturated heterocycles. The van der Waals surface area contributed by atoms with Crippen LogP contribution in [0.5, 0.6) is 0 Å². The van der Waals surface area contributed by atoms with Gasteiger partial charge in [-0.05, 0) is 106 Å². The molecule has 9 rings (SSSR count).